The summed E-state index contributed by atoms with van der Waals surface area (Å²) in [5.41, 5.74) is 3.02. The fraction of sp³-hybridized carbons (Fsp3) is 0.333. The Morgan fingerprint density at radius 2 is 2.00 bits per heavy atom. The van der Waals surface area contributed by atoms with Crippen LogP contribution in [0.25, 0.3) is 11.0 Å². The molecular formula is C24H26FN3O3. The van der Waals surface area contributed by atoms with Crippen LogP contribution >= 0.6 is 0 Å². The highest BCUT2D eigenvalue weighted by Crippen LogP contribution is 2.29. The zero-order valence-corrected chi connectivity index (χ0v) is 17.7. The van der Waals surface area contributed by atoms with E-state index in [0.717, 1.165) is 34.9 Å². The van der Waals surface area contributed by atoms with Crippen molar-refractivity contribution >= 4 is 28.6 Å². The van der Waals surface area contributed by atoms with Gasteiger partial charge in [0.2, 0.25) is 0 Å². The average molecular weight is 423 g/mol. The van der Waals surface area contributed by atoms with Gasteiger partial charge >= 0.3 is 6.03 Å². The Hall–Kier alpha value is -3.35. The SMILES string of the molecule is Cc1c(C(=O)N2CCCC(CNC(=O)Nc3cccc(F)c3)C2)oc2c(C)cccc12. The highest BCUT2D eigenvalue weighted by molar-refractivity contribution is 5.99. The molecular weight excluding hydrogens is 397 g/mol. The number of urea groups is 1. The number of piperidine rings is 1. The van der Waals surface area contributed by atoms with Gasteiger partial charge in [-0.2, -0.15) is 0 Å². The molecule has 1 atom stereocenters. The molecule has 2 heterocycles. The number of fused-ring (bicyclic) bond motifs is 1. The Morgan fingerprint density at radius 1 is 1.19 bits per heavy atom. The minimum atomic E-state index is -0.407. The van der Waals surface area contributed by atoms with Crippen LogP contribution in [0.5, 0.6) is 0 Å². The van der Waals surface area contributed by atoms with Crippen molar-refractivity contribution in [1.82, 2.24) is 10.2 Å². The lowest BCUT2D eigenvalue weighted by atomic mass is 9.97. The van der Waals surface area contributed by atoms with Crippen LogP contribution in [0.1, 0.15) is 34.5 Å². The molecule has 0 saturated carbocycles. The molecule has 2 N–H and O–H groups in total. The Kier molecular flexibility index (Phi) is 5.93. The van der Waals surface area contributed by atoms with Gasteiger partial charge in [0.25, 0.3) is 5.91 Å². The maximum Gasteiger partial charge on any atom is 0.319 e. The van der Waals surface area contributed by atoms with E-state index in [4.69, 9.17) is 4.42 Å². The molecule has 1 fully saturated rings. The highest BCUT2D eigenvalue weighted by Gasteiger charge is 2.28. The van der Waals surface area contributed by atoms with Crippen LogP contribution in [-0.4, -0.2) is 36.5 Å². The van der Waals surface area contributed by atoms with Gasteiger partial charge in [0, 0.05) is 36.3 Å². The molecule has 0 aliphatic carbocycles. The lowest BCUT2D eigenvalue weighted by Crippen LogP contribution is -2.44. The standard InChI is InChI=1S/C24H26FN3O3/c1-15-6-3-10-20-16(2)22(31-21(15)20)23(29)28-11-5-7-17(14-28)13-26-24(30)27-19-9-4-8-18(25)12-19/h3-4,6,8-10,12,17H,5,7,11,13-14H2,1-2H3,(H2,26,27,30). The van der Waals surface area contributed by atoms with Gasteiger partial charge in [-0.3, -0.25) is 4.79 Å². The normalized spacial score (nSPS) is 16.4. The second-order valence-corrected chi connectivity index (χ2v) is 8.11. The monoisotopic (exact) mass is 423 g/mol. The molecule has 3 aromatic rings. The molecule has 1 aliphatic heterocycles. The Labute approximate surface area is 180 Å². The molecule has 4 rings (SSSR count). The van der Waals surface area contributed by atoms with E-state index in [0.29, 0.717) is 31.1 Å². The first-order valence-electron chi connectivity index (χ1n) is 10.5. The minimum absolute atomic E-state index is 0.109. The average Bonchev–Trinajstić information content (AvgIpc) is 3.10. The molecule has 2 aromatic carbocycles. The van der Waals surface area contributed by atoms with Crippen molar-refractivity contribution in [3.8, 4) is 0 Å². The number of anilines is 1. The Morgan fingerprint density at radius 3 is 2.77 bits per heavy atom. The fourth-order valence-corrected chi connectivity index (χ4v) is 4.13. The summed E-state index contributed by atoms with van der Waals surface area (Å²) in [6, 6.07) is 11.3. The quantitative estimate of drug-likeness (QED) is 0.629. The molecule has 31 heavy (non-hydrogen) atoms. The van der Waals surface area contributed by atoms with Crippen LogP contribution < -0.4 is 10.6 Å². The first kappa shape index (κ1) is 20.9. The number of carbonyl (C=O) groups is 2. The summed E-state index contributed by atoms with van der Waals surface area (Å²) < 4.78 is 19.2. The van der Waals surface area contributed by atoms with Gasteiger partial charge in [0.1, 0.15) is 11.4 Å². The number of carbonyl (C=O) groups excluding carboxylic acids is 2. The maximum atomic E-state index is 13.3. The van der Waals surface area contributed by atoms with Crippen molar-refractivity contribution < 1.29 is 18.4 Å². The van der Waals surface area contributed by atoms with E-state index in [-0.39, 0.29) is 11.8 Å². The number of nitrogens with one attached hydrogen (secondary N) is 2. The van der Waals surface area contributed by atoms with Crippen molar-refractivity contribution in [1.29, 1.82) is 0 Å². The second-order valence-electron chi connectivity index (χ2n) is 8.11. The lowest BCUT2D eigenvalue weighted by Gasteiger charge is -2.32. The van der Waals surface area contributed by atoms with E-state index in [1.807, 2.05) is 32.0 Å². The van der Waals surface area contributed by atoms with E-state index in [1.165, 1.54) is 18.2 Å². The Balaban J connectivity index is 1.37. The first-order chi connectivity index (χ1) is 14.9. The van der Waals surface area contributed by atoms with Gasteiger partial charge in [-0.25, -0.2) is 9.18 Å². The number of hydrogen-bond donors (Lipinski definition) is 2. The van der Waals surface area contributed by atoms with Crippen LogP contribution in [0.15, 0.2) is 46.9 Å². The number of benzene rings is 2. The predicted molar refractivity (Wildman–Crippen MR) is 118 cm³/mol. The summed E-state index contributed by atoms with van der Waals surface area (Å²) >= 11 is 0. The largest absolute Gasteiger partial charge is 0.450 e. The summed E-state index contributed by atoms with van der Waals surface area (Å²) in [7, 11) is 0. The molecule has 0 spiro atoms. The van der Waals surface area contributed by atoms with Crippen LogP contribution in [-0.2, 0) is 0 Å². The van der Waals surface area contributed by atoms with E-state index in [2.05, 4.69) is 10.6 Å². The van der Waals surface area contributed by atoms with E-state index >= 15 is 0 Å². The third kappa shape index (κ3) is 4.55. The Bertz CT molecular complexity index is 1120. The van der Waals surface area contributed by atoms with Crippen molar-refractivity contribution in [3.05, 3.63) is 65.2 Å². The van der Waals surface area contributed by atoms with Crippen molar-refractivity contribution in [2.45, 2.75) is 26.7 Å². The molecule has 3 amide bonds. The fourth-order valence-electron chi connectivity index (χ4n) is 4.13. The molecule has 162 valence electrons. The number of rotatable bonds is 4. The van der Waals surface area contributed by atoms with Crippen molar-refractivity contribution in [2.75, 3.05) is 25.0 Å². The van der Waals surface area contributed by atoms with Gasteiger partial charge in [-0.15, -0.1) is 0 Å². The van der Waals surface area contributed by atoms with Crippen molar-refractivity contribution in [3.63, 3.8) is 0 Å². The zero-order valence-electron chi connectivity index (χ0n) is 17.7. The third-order valence-corrected chi connectivity index (χ3v) is 5.79. The molecule has 1 unspecified atom stereocenters. The van der Waals surface area contributed by atoms with Crippen LogP contribution in [0.3, 0.4) is 0 Å². The number of furan rings is 1. The number of para-hydroxylation sites is 1. The van der Waals surface area contributed by atoms with Gasteiger partial charge < -0.3 is 20.0 Å². The van der Waals surface area contributed by atoms with Gasteiger partial charge in [0.05, 0.1) is 0 Å². The smallest absolute Gasteiger partial charge is 0.319 e. The summed E-state index contributed by atoms with van der Waals surface area (Å²) in [6.45, 7) is 5.53. The maximum absolute atomic E-state index is 13.3. The molecule has 0 radical (unpaired) electrons. The summed E-state index contributed by atoms with van der Waals surface area (Å²) in [6.07, 6.45) is 1.78. The van der Waals surface area contributed by atoms with Crippen LogP contribution in [0, 0.1) is 25.6 Å². The third-order valence-electron chi connectivity index (χ3n) is 5.79. The number of likely N-dealkylation sites (tertiary alicyclic amines) is 1. The summed E-state index contributed by atoms with van der Waals surface area (Å²) in [5, 5.41) is 6.42. The minimum Gasteiger partial charge on any atom is -0.450 e. The van der Waals surface area contributed by atoms with E-state index < -0.39 is 11.8 Å². The van der Waals surface area contributed by atoms with E-state index in [1.54, 1.807) is 11.0 Å². The highest BCUT2D eigenvalue weighted by atomic mass is 19.1. The molecule has 7 heteroatoms. The number of halogens is 1. The summed E-state index contributed by atoms with van der Waals surface area (Å²) in [4.78, 5) is 27.1. The van der Waals surface area contributed by atoms with Gasteiger partial charge in [-0.05, 0) is 56.4 Å². The summed E-state index contributed by atoms with van der Waals surface area (Å²) in [5.74, 6) is 0.0152. The number of nitrogens with zero attached hydrogens (tertiary/aromatic N) is 1. The lowest BCUT2D eigenvalue weighted by molar-refractivity contribution is 0.0644. The number of aryl methyl sites for hydroxylation is 2. The van der Waals surface area contributed by atoms with Gasteiger partial charge in [-0.1, -0.05) is 24.3 Å². The predicted octanol–water partition coefficient (Wildman–Crippen LogP) is 4.86. The molecule has 0 bridgehead atoms. The van der Waals surface area contributed by atoms with Crippen LogP contribution in [0.4, 0.5) is 14.9 Å². The van der Waals surface area contributed by atoms with E-state index in [9.17, 15) is 14.0 Å². The second kappa shape index (κ2) is 8.79. The van der Waals surface area contributed by atoms with Crippen molar-refractivity contribution in [2.24, 2.45) is 5.92 Å². The number of amides is 3. The zero-order chi connectivity index (χ0) is 22.0. The van der Waals surface area contributed by atoms with Gasteiger partial charge in [0.15, 0.2) is 5.76 Å². The number of hydrogen-bond acceptors (Lipinski definition) is 3. The molecule has 1 saturated heterocycles. The first-order valence-corrected chi connectivity index (χ1v) is 10.5. The topological polar surface area (TPSA) is 74.6 Å². The molecule has 1 aromatic heterocycles. The molecule has 6 nitrogen and oxygen atoms in total. The van der Waals surface area contributed by atoms with Crippen LogP contribution in [0.2, 0.25) is 0 Å². The molecule has 1 aliphatic rings.